The zero-order valence-electron chi connectivity index (χ0n) is 9.57. The predicted molar refractivity (Wildman–Crippen MR) is 61.0 cm³/mol. The van der Waals surface area contributed by atoms with Gasteiger partial charge in [-0.3, -0.25) is 4.79 Å². The van der Waals surface area contributed by atoms with E-state index in [-0.39, 0.29) is 18.7 Å². The SMILES string of the molecule is O=C(O)CC1CN(Cc2cccc(O)c2)C(=O)O1. The van der Waals surface area contributed by atoms with Gasteiger partial charge in [-0.05, 0) is 17.7 Å². The van der Waals surface area contributed by atoms with Crippen LogP contribution in [0.5, 0.6) is 5.75 Å². The van der Waals surface area contributed by atoms with Crippen LogP contribution in [0.2, 0.25) is 0 Å². The summed E-state index contributed by atoms with van der Waals surface area (Å²) in [6.07, 6.45) is -1.32. The lowest BCUT2D eigenvalue weighted by Gasteiger charge is -2.12. The topological polar surface area (TPSA) is 87.1 Å². The van der Waals surface area contributed by atoms with Gasteiger partial charge >= 0.3 is 12.1 Å². The van der Waals surface area contributed by atoms with Gasteiger partial charge in [0.15, 0.2) is 0 Å². The molecular weight excluding hydrogens is 238 g/mol. The molecule has 0 aromatic heterocycles. The molecule has 1 aliphatic heterocycles. The Morgan fingerprint density at radius 2 is 2.28 bits per heavy atom. The number of carbonyl (C=O) groups excluding carboxylic acids is 1. The Balaban J connectivity index is 1.98. The van der Waals surface area contributed by atoms with E-state index in [2.05, 4.69) is 0 Å². The molecule has 1 fully saturated rings. The summed E-state index contributed by atoms with van der Waals surface area (Å²) >= 11 is 0. The van der Waals surface area contributed by atoms with Crippen molar-refractivity contribution in [2.45, 2.75) is 19.1 Å². The number of carbonyl (C=O) groups is 2. The van der Waals surface area contributed by atoms with Crippen LogP contribution in [0, 0.1) is 0 Å². The van der Waals surface area contributed by atoms with Crippen molar-refractivity contribution in [2.24, 2.45) is 0 Å². The predicted octanol–water partition coefficient (Wildman–Crippen LogP) is 1.19. The number of aliphatic carboxylic acids is 1. The molecule has 0 spiro atoms. The molecule has 1 aromatic rings. The van der Waals surface area contributed by atoms with Gasteiger partial charge in [-0.1, -0.05) is 12.1 Å². The highest BCUT2D eigenvalue weighted by Crippen LogP contribution is 2.19. The first-order chi connectivity index (χ1) is 8.54. The number of phenolic OH excluding ortho intramolecular Hbond substituents is 1. The third-order valence-corrected chi connectivity index (χ3v) is 2.64. The number of aromatic hydroxyl groups is 1. The molecule has 18 heavy (non-hydrogen) atoms. The zero-order chi connectivity index (χ0) is 13.1. The molecule has 1 aromatic carbocycles. The minimum Gasteiger partial charge on any atom is -0.508 e. The summed E-state index contributed by atoms with van der Waals surface area (Å²) in [6, 6.07) is 6.55. The van der Waals surface area contributed by atoms with E-state index in [0.29, 0.717) is 6.54 Å². The molecule has 1 aliphatic rings. The van der Waals surface area contributed by atoms with Crippen LogP contribution >= 0.6 is 0 Å². The number of benzene rings is 1. The standard InChI is InChI=1S/C12H13NO5/c14-9-3-1-2-8(4-9)6-13-7-10(5-11(15)16)18-12(13)17/h1-4,10,14H,5-7H2,(H,15,16). The Kier molecular flexibility index (Phi) is 3.36. The van der Waals surface area contributed by atoms with Crippen LogP contribution in [0.1, 0.15) is 12.0 Å². The van der Waals surface area contributed by atoms with Crippen molar-refractivity contribution in [3.05, 3.63) is 29.8 Å². The largest absolute Gasteiger partial charge is 0.508 e. The van der Waals surface area contributed by atoms with Gasteiger partial charge < -0.3 is 19.8 Å². The van der Waals surface area contributed by atoms with Crippen LogP contribution in [0.15, 0.2) is 24.3 Å². The molecule has 6 nitrogen and oxygen atoms in total. The van der Waals surface area contributed by atoms with Crippen LogP contribution in [-0.4, -0.2) is 39.8 Å². The molecule has 1 saturated heterocycles. The smallest absolute Gasteiger partial charge is 0.410 e. The summed E-state index contributed by atoms with van der Waals surface area (Å²) < 4.78 is 4.93. The van der Waals surface area contributed by atoms with E-state index in [1.807, 2.05) is 0 Å². The number of hydrogen-bond donors (Lipinski definition) is 2. The summed E-state index contributed by atoms with van der Waals surface area (Å²) in [7, 11) is 0. The molecule has 0 saturated carbocycles. The number of carboxylic acid groups (broad SMARTS) is 1. The van der Waals surface area contributed by atoms with Crippen molar-refractivity contribution >= 4 is 12.1 Å². The fourth-order valence-corrected chi connectivity index (χ4v) is 1.88. The number of carboxylic acids is 1. The van der Waals surface area contributed by atoms with E-state index in [9.17, 15) is 14.7 Å². The maximum atomic E-state index is 11.5. The van der Waals surface area contributed by atoms with Crippen molar-refractivity contribution in [3.63, 3.8) is 0 Å². The van der Waals surface area contributed by atoms with Gasteiger partial charge in [-0.15, -0.1) is 0 Å². The highest BCUT2D eigenvalue weighted by Gasteiger charge is 2.32. The lowest BCUT2D eigenvalue weighted by Crippen LogP contribution is -2.25. The Bertz CT molecular complexity index is 473. The zero-order valence-corrected chi connectivity index (χ0v) is 9.57. The van der Waals surface area contributed by atoms with E-state index in [1.165, 1.54) is 4.90 Å². The summed E-state index contributed by atoms with van der Waals surface area (Å²) in [4.78, 5) is 23.5. The van der Waals surface area contributed by atoms with E-state index in [1.54, 1.807) is 24.3 Å². The van der Waals surface area contributed by atoms with Crippen LogP contribution < -0.4 is 0 Å². The molecule has 0 bridgehead atoms. The minimum atomic E-state index is -0.994. The third kappa shape index (κ3) is 2.91. The van der Waals surface area contributed by atoms with Crippen molar-refractivity contribution in [1.82, 2.24) is 4.90 Å². The molecule has 0 aliphatic carbocycles. The number of nitrogens with zero attached hydrogens (tertiary/aromatic N) is 1. The van der Waals surface area contributed by atoms with Crippen LogP contribution in [0.25, 0.3) is 0 Å². The number of rotatable bonds is 4. The lowest BCUT2D eigenvalue weighted by atomic mass is 10.2. The van der Waals surface area contributed by atoms with Gasteiger partial charge in [0.1, 0.15) is 11.9 Å². The number of hydrogen-bond acceptors (Lipinski definition) is 4. The number of ether oxygens (including phenoxy) is 1. The third-order valence-electron chi connectivity index (χ3n) is 2.64. The van der Waals surface area contributed by atoms with Gasteiger partial charge in [0.2, 0.25) is 0 Å². The Morgan fingerprint density at radius 3 is 2.94 bits per heavy atom. The van der Waals surface area contributed by atoms with Gasteiger partial charge in [0, 0.05) is 6.54 Å². The molecular formula is C12H13NO5. The summed E-state index contributed by atoms with van der Waals surface area (Å²) in [5.41, 5.74) is 0.767. The average molecular weight is 251 g/mol. The van der Waals surface area contributed by atoms with Crippen molar-refractivity contribution in [3.8, 4) is 5.75 Å². The summed E-state index contributed by atoms with van der Waals surface area (Å²) in [5, 5.41) is 17.9. The molecule has 1 atom stereocenters. The average Bonchev–Trinajstić information content (AvgIpc) is 2.58. The summed E-state index contributed by atoms with van der Waals surface area (Å²) in [6.45, 7) is 0.546. The van der Waals surface area contributed by atoms with Gasteiger partial charge in [0.05, 0.1) is 13.0 Å². The second-order valence-corrected chi connectivity index (χ2v) is 4.15. The van der Waals surface area contributed by atoms with Gasteiger partial charge in [-0.2, -0.15) is 0 Å². The van der Waals surface area contributed by atoms with E-state index >= 15 is 0 Å². The normalized spacial score (nSPS) is 18.8. The highest BCUT2D eigenvalue weighted by atomic mass is 16.6. The Labute approximate surface area is 103 Å². The Hall–Kier alpha value is -2.24. The molecule has 96 valence electrons. The number of cyclic esters (lactones) is 1. The molecule has 6 heteroatoms. The van der Waals surface area contributed by atoms with Crippen LogP contribution in [0.3, 0.4) is 0 Å². The van der Waals surface area contributed by atoms with E-state index in [0.717, 1.165) is 5.56 Å². The van der Waals surface area contributed by atoms with Crippen molar-refractivity contribution < 1.29 is 24.5 Å². The minimum absolute atomic E-state index is 0.127. The maximum absolute atomic E-state index is 11.5. The number of phenols is 1. The molecule has 1 unspecified atom stereocenters. The quantitative estimate of drug-likeness (QED) is 0.839. The van der Waals surface area contributed by atoms with E-state index in [4.69, 9.17) is 9.84 Å². The molecule has 2 rings (SSSR count). The highest BCUT2D eigenvalue weighted by molar-refractivity contribution is 5.72. The monoisotopic (exact) mass is 251 g/mol. The first-order valence-electron chi connectivity index (χ1n) is 5.50. The molecule has 1 heterocycles. The fourth-order valence-electron chi connectivity index (χ4n) is 1.88. The number of amides is 1. The first-order valence-corrected chi connectivity index (χ1v) is 5.50. The first kappa shape index (κ1) is 12.2. The molecule has 0 radical (unpaired) electrons. The molecule has 2 N–H and O–H groups in total. The van der Waals surface area contributed by atoms with Gasteiger partial charge in [-0.25, -0.2) is 4.79 Å². The van der Waals surface area contributed by atoms with Gasteiger partial charge in [0.25, 0.3) is 0 Å². The fraction of sp³-hybridized carbons (Fsp3) is 0.333. The van der Waals surface area contributed by atoms with Crippen LogP contribution in [-0.2, 0) is 16.1 Å². The lowest BCUT2D eigenvalue weighted by molar-refractivity contribution is -0.138. The maximum Gasteiger partial charge on any atom is 0.410 e. The second-order valence-electron chi connectivity index (χ2n) is 4.15. The Morgan fingerprint density at radius 1 is 1.50 bits per heavy atom. The summed E-state index contributed by atoms with van der Waals surface area (Å²) in [5.74, 6) is -0.867. The second kappa shape index (κ2) is 4.95. The molecule has 1 amide bonds. The van der Waals surface area contributed by atoms with E-state index < -0.39 is 18.2 Å². The van der Waals surface area contributed by atoms with Crippen molar-refractivity contribution in [1.29, 1.82) is 0 Å². The van der Waals surface area contributed by atoms with Crippen LogP contribution in [0.4, 0.5) is 4.79 Å². The van der Waals surface area contributed by atoms with Crippen molar-refractivity contribution in [2.75, 3.05) is 6.54 Å².